The molecular weight excluding hydrogens is 261 g/mol. The molecule has 0 radical (unpaired) electrons. The van der Waals surface area contributed by atoms with Crippen molar-refractivity contribution in [1.82, 2.24) is 5.32 Å². The summed E-state index contributed by atoms with van der Waals surface area (Å²) in [5.74, 6) is -0.385. The zero-order valence-electron chi connectivity index (χ0n) is 8.68. The second-order valence-corrected chi connectivity index (χ2v) is 4.22. The van der Waals surface area contributed by atoms with Crippen molar-refractivity contribution in [2.24, 2.45) is 0 Å². The van der Waals surface area contributed by atoms with Crippen molar-refractivity contribution in [3.05, 3.63) is 34.1 Å². The molecule has 0 saturated carbocycles. The molecule has 0 fully saturated rings. The molecule has 0 bridgehead atoms. The van der Waals surface area contributed by atoms with Gasteiger partial charge in [0.1, 0.15) is 5.82 Å². The smallest absolute Gasteiger partial charge is 0.220 e. The summed E-state index contributed by atoms with van der Waals surface area (Å²) in [5, 5.41) is 2.71. The van der Waals surface area contributed by atoms with Crippen LogP contribution in [0.1, 0.15) is 31.9 Å². The first-order valence-electron chi connectivity index (χ1n) is 4.79. The minimum atomic E-state index is -0.310. The van der Waals surface area contributed by atoms with E-state index in [2.05, 4.69) is 21.2 Å². The van der Waals surface area contributed by atoms with E-state index in [0.717, 1.165) is 4.47 Å². The summed E-state index contributed by atoms with van der Waals surface area (Å²) in [5.41, 5.74) is 0.492. The molecule has 1 aromatic carbocycles. The number of benzene rings is 1. The summed E-state index contributed by atoms with van der Waals surface area (Å²) in [6.07, 6.45) is 0.403. The van der Waals surface area contributed by atoms with Crippen molar-refractivity contribution in [3.63, 3.8) is 0 Å². The molecule has 1 unspecified atom stereocenters. The number of halogens is 2. The predicted molar refractivity (Wildman–Crippen MR) is 60.9 cm³/mol. The van der Waals surface area contributed by atoms with Gasteiger partial charge in [0.15, 0.2) is 0 Å². The van der Waals surface area contributed by atoms with Crippen molar-refractivity contribution < 1.29 is 9.18 Å². The highest BCUT2D eigenvalue weighted by Crippen LogP contribution is 2.21. The Hall–Kier alpha value is -0.900. The van der Waals surface area contributed by atoms with E-state index in [1.54, 1.807) is 26.0 Å². The van der Waals surface area contributed by atoms with Gasteiger partial charge >= 0.3 is 0 Å². The van der Waals surface area contributed by atoms with Gasteiger partial charge in [-0.2, -0.15) is 0 Å². The van der Waals surface area contributed by atoms with Crippen LogP contribution in [0.3, 0.4) is 0 Å². The second kappa shape index (κ2) is 5.26. The summed E-state index contributed by atoms with van der Waals surface area (Å²) in [6, 6.07) is 4.38. The molecule has 1 aromatic rings. The van der Waals surface area contributed by atoms with Gasteiger partial charge in [-0.05, 0) is 25.1 Å². The molecule has 1 amide bonds. The van der Waals surface area contributed by atoms with Gasteiger partial charge in [-0.1, -0.05) is 22.9 Å². The summed E-state index contributed by atoms with van der Waals surface area (Å²) in [4.78, 5) is 11.1. The van der Waals surface area contributed by atoms with Crippen LogP contribution in [0, 0.1) is 5.82 Å². The van der Waals surface area contributed by atoms with E-state index in [0.29, 0.717) is 12.0 Å². The van der Waals surface area contributed by atoms with E-state index >= 15 is 0 Å². The van der Waals surface area contributed by atoms with Crippen LogP contribution in [0.25, 0.3) is 0 Å². The molecule has 0 aliphatic rings. The van der Waals surface area contributed by atoms with Gasteiger partial charge in [-0.15, -0.1) is 0 Å². The number of carbonyl (C=O) groups excluding carboxylic acids is 1. The topological polar surface area (TPSA) is 29.1 Å². The number of nitrogens with one attached hydrogen (secondary N) is 1. The molecule has 1 rings (SSSR count). The fourth-order valence-corrected chi connectivity index (χ4v) is 1.65. The maximum Gasteiger partial charge on any atom is 0.220 e. The minimum Gasteiger partial charge on any atom is -0.349 e. The first-order valence-corrected chi connectivity index (χ1v) is 5.58. The maximum absolute atomic E-state index is 13.4. The van der Waals surface area contributed by atoms with Gasteiger partial charge in [-0.3, -0.25) is 4.79 Å². The van der Waals surface area contributed by atoms with E-state index in [4.69, 9.17) is 0 Å². The monoisotopic (exact) mass is 273 g/mol. The highest BCUT2D eigenvalue weighted by atomic mass is 79.9. The Morgan fingerprint density at radius 2 is 2.27 bits per heavy atom. The molecule has 0 aliphatic carbocycles. The highest BCUT2D eigenvalue weighted by Gasteiger charge is 2.12. The third-order valence-electron chi connectivity index (χ3n) is 2.12. The van der Waals surface area contributed by atoms with Gasteiger partial charge in [0.25, 0.3) is 0 Å². The van der Waals surface area contributed by atoms with Gasteiger partial charge in [0, 0.05) is 16.5 Å². The largest absolute Gasteiger partial charge is 0.349 e. The molecule has 82 valence electrons. The molecule has 1 N–H and O–H groups in total. The predicted octanol–water partition coefficient (Wildman–Crippen LogP) is 3.18. The van der Waals surface area contributed by atoms with Crippen LogP contribution in [0.2, 0.25) is 0 Å². The molecule has 15 heavy (non-hydrogen) atoms. The van der Waals surface area contributed by atoms with E-state index in [9.17, 15) is 9.18 Å². The van der Waals surface area contributed by atoms with Crippen LogP contribution in [-0.2, 0) is 4.79 Å². The van der Waals surface area contributed by atoms with E-state index in [-0.39, 0.29) is 17.8 Å². The number of hydrogen-bond acceptors (Lipinski definition) is 1. The standard InChI is InChI=1S/C11H13BrFNO/c1-3-11(15)14-7(2)9-6-8(12)4-5-10(9)13/h4-7H,3H2,1-2H3,(H,14,15). The normalized spacial score (nSPS) is 12.3. The zero-order valence-corrected chi connectivity index (χ0v) is 10.3. The average molecular weight is 274 g/mol. The number of hydrogen-bond donors (Lipinski definition) is 1. The van der Waals surface area contributed by atoms with Crippen LogP contribution >= 0.6 is 15.9 Å². The number of carbonyl (C=O) groups is 1. The van der Waals surface area contributed by atoms with Crippen LogP contribution < -0.4 is 5.32 Å². The van der Waals surface area contributed by atoms with Crippen LogP contribution in [0.15, 0.2) is 22.7 Å². The molecule has 0 saturated heterocycles. The Bertz CT molecular complexity index is 368. The van der Waals surface area contributed by atoms with Crippen molar-refractivity contribution >= 4 is 21.8 Å². The quantitative estimate of drug-likeness (QED) is 0.901. The summed E-state index contributed by atoms with van der Waals surface area (Å²) in [7, 11) is 0. The average Bonchev–Trinajstić information content (AvgIpc) is 2.21. The molecule has 0 heterocycles. The molecule has 0 spiro atoms. The number of rotatable bonds is 3. The summed E-state index contributed by atoms with van der Waals surface area (Å²) < 4.78 is 14.2. The molecule has 2 nitrogen and oxygen atoms in total. The Morgan fingerprint density at radius 3 is 2.87 bits per heavy atom. The lowest BCUT2D eigenvalue weighted by molar-refractivity contribution is -0.121. The highest BCUT2D eigenvalue weighted by molar-refractivity contribution is 9.10. The van der Waals surface area contributed by atoms with Gasteiger partial charge in [0.2, 0.25) is 5.91 Å². The van der Waals surface area contributed by atoms with Crippen LogP contribution in [0.4, 0.5) is 4.39 Å². The third kappa shape index (κ3) is 3.30. The van der Waals surface area contributed by atoms with Crippen molar-refractivity contribution in [1.29, 1.82) is 0 Å². The third-order valence-corrected chi connectivity index (χ3v) is 2.62. The fourth-order valence-electron chi connectivity index (χ4n) is 1.27. The molecule has 1 atom stereocenters. The lowest BCUT2D eigenvalue weighted by Crippen LogP contribution is -2.26. The molecule has 0 aliphatic heterocycles. The Labute approximate surface area is 97.0 Å². The van der Waals surface area contributed by atoms with Crippen molar-refractivity contribution in [2.75, 3.05) is 0 Å². The van der Waals surface area contributed by atoms with Gasteiger partial charge in [-0.25, -0.2) is 4.39 Å². The first-order chi connectivity index (χ1) is 7.04. The molecule has 4 heteroatoms. The second-order valence-electron chi connectivity index (χ2n) is 3.31. The van der Waals surface area contributed by atoms with Gasteiger partial charge < -0.3 is 5.32 Å². The zero-order chi connectivity index (χ0) is 11.4. The lowest BCUT2D eigenvalue weighted by atomic mass is 10.1. The Morgan fingerprint density at radius 1 is 1.60 bits per heavy atom. The first kappa shape index (κ1) is 12.2. The molecular formula is C11H13BrFNO. The van der Waals surface area contributed by atoms with Crippen molar-refractivity contribution in [3.8, 4) is 0 Å². The lowest BCUT2D eigenvalue weighted by Gasteiger charge is -2.14. The van der Waals surface area contributed by atoms with Gasteiger partial charge in [0.05, 0.1) is 6.04 Å². The number of amides is 1. The van der Waals surface area contributed by atoms with E-state index in [1.807, 2.05) is 0 Å². The van der Waals surface area contributed by atoms with Crippen LogP contribution in [-0.4, -0.2) is 5.91 Å². The summed E-state index contributed by atoms with van der Waals surface area (Å²) >= 11 is 3.27. The van der Waals surface area contributed by atoms with Crippen LogP contribution in [0.5, 0.6) is 0 Å². The minimum absolute atomic E-state index is 0.0816. The Balaban J connectivity index is 2.85. The summed E-state index contributed by atoms with van der Waals surface area (Å²) in [6.45, 7) is 3.53. The van der Waals surface area contributed by atoms with Crippen molar-refractivity contribution in [2.45, 2.75) is 26.3 Å². The van der Waals surface area contributed by atoms with E-state index < -0.39 is 0 Å². The Kier molecular flexibility index (Phi) is 4.27. The molecule has 0 aromatic heterocycles. The fraction of sp³-hybridized carbons (Fsp3) is 0.364. The SMILES string of the molecule is CCC(=O)NC(C)c1cc(Br)ccc1F. The van der Waals surface area contributed by atoms with E-state index in [1.165, 1.54) is 6.07 Å². The maximum atomic E-state index is 13.4.